The molecule has 0 saturated heterocycles. The largest absolute Gasteiger partial charge is 0.489 e. The van der Waals surface area contributed by atoms with Crippen LogP contribution in [-0.2, 0) is 12.8 Å². The predicted molar refractivity (Wildman–Crippen MR) is 126 cm³/mol. The highest BCUT2D eigenvalue weighted by Crippen LogP contribution is 2.23. The summed E-state index contributed by atoms with van der Waals surface area (Å²) in [6.07, 6.45) is 2.17. The van der Waals surface area contributed by atoms with Crippen LogP contribution in [0.2, 0.25) is 0 Å². The molecule has 0 aliphatic carbocycles. The van der Waals surface area contributed by atoms with Gasteiger partial charge >= 0.3 is 0 Å². The Morgan fingerprint density at radius 3 is 1.97 bits per heavy atom. The molecular weight excluding hydrogens is 440 g/mol. The summed E-state index contributed by atoms with van der Waals surface area (Å²) in [4.78, 5) is 0. The van der Waals surface area contributed by atoms with Crippen molar-refractivity contribution in [2.75, 3.05) is 6.61 Å². The van der Waals surface area contributed by atoms with Crippen molar-refractivity contribution in [3.05, 3.63) is 125 Å². The first-order valence-corrected chi connectivity index (χ1v) is 10.6. The zero-order chi connectivity index (χ0) is 24.1. The van der Waals surface area contributed by atoms with Gasteiger partial charge in [-0.25, -0.2) is 17.6 Å². The second-order valence-electron chi connectivity index (χ2n) is 7.74. The van der Waals surface area contributed by atoms with Crippen LogP contribution in [0.25, 0.3) is 10.8 Å². The fraction of sp³-hybridized carbons (Fsp3) is 0.103. The Balaban J connectivity index is 1.43. The average molecular weight is 460 g/mol. The fourth-order valence-electron chi connectivity index (χ4n) is 3.55. The van der Waals surface area contributed by atoms with Gasteiger partial charge in [0, 0.05) is 28.8 Å². The smallest absolute Gasteiger partial charge is 0.159 e. The molecule has 1 nitrogen and oxygen atoms in total. The van der Waals surface area contributed by atoms with Gasteiger partial charge in [0.1, 0.15) is 24.0 Å². The molecule has 0 saturated carbocycles. The van der Waals surface area contributed by atoms with Gasteiger partial charge in [0.2, 0.25) is 0 Å². The summed E-state index contributed by atoms with van der Waals surface area (Å²) in [6.45, 7) is 3.68. The molecule has 5 heteroatoms. The maximum absolute atomic E-state index is 14.3. The van der Waals surface area contributed by atoms with Gasteiger partial charge in [0.05, 0.1) is 0 Å². The molecule has 0 unspecified atom stereocenters. The maximum Gasteiger partial charge on any atom is 0.159 e. The van der Waals surface area contributed by atoms with Gasteiger partial charge in [-0.2, -0.15) is 0 Å². The number of rotatable bonds is 6. The highest BCUT2D eigenvalue weighted by atomic mass is 19.2. The molecule has 0 aromatic heterocycles. The van der Waals surface area contributed by atoms with Crippen LogP contribution >= 0.6 is 0 Å². The second kappa shape index (κ2) is 10.3. The minimum atomic E-state index is -0.898. The van der Waals surface area contributed by atoms with Crippen molar-refractivity contribution in [3.8, 4) is 17.6 Å². The van der Waals surface area contributed by atoms with Crippen LogP contribution in [0.15, 0.2) is 79.4 Å². The monoisotopic (exact) mass is 460 g/mol. The number of benzene rings is 4. The summed E-state index contributed by atoms with van der Waals surface area (Å²) in [5.74, 6) is 3.12. The van der Waals surface area contributed by atoms with Crippen molar-refractivity contribution in [1.82, 2.24) is 0 Å². The number of fused-ring (bicyclic) bond motifs is 1. The zero-order valence-electron chi connectivity index (χ0n) is 18.2. The topological polar surface area (TPSA) is 9.23 Å². The Bertz CT molecular complexity index is 1390. The van der Waals surface area contributed by atoms with Gasteiger partial charge in [-0.3, -0.25) is 0 Å². The predicted octanol–water partition coefficient (Wildman–Crippen LogP) is 7.15. The molecule has 4 rings (SSSR count). The van der Waals surface area contributed by atoms with Gasteiger partial charge in [0.15, 0.2) is 11.6 Å². The highest BCUT2D eigenvalue weighted by Gasteiger charge is 2.12. The first-order chi connectivity index (χ1) is 16.4. The fourth-order valence-corrected chi connectivity index (χ4v) is 3.55. The van der Waals surface area contributed by atoms with E-state index in [9.17, 15) is 17.6 Å². The van der Waals surface area contributed by atoms with Crippen molar-refractivity contribution < 1.29 is 22.3 Å². The molecule has 0 spiro atoms. The van der Waals surface area contributed by atoms with E-state index in [1.54, 1.807) is 18.2 Å². The molecule has 4 aromatic carbocycles. The molecule has 0 atom stereocenters. The van der Waals surface area contributed by atoms with Crippen LogP contribution < -0.4 is 4.74 Å². The van der Waals surface area contributed by atoms with Crippen LogP contribution in [0.3, 0.4) is 0 Å². The summed E-state index contributed by atoms with van der Waals surface area (Å²) >= 11 is 0. The summed E-state index contributed by atoms with van der Waals surface area (Å²) in [5.41, 5.74) is 2.37. The lowest BCUT2D eigenvalue weighted by Gasteiger charge is -2.09. The number of halogens is 4. The number of aryl methyl sites for hydroxylation is 1. The summed E-state index contributed by atoms with van der Waals surface area (Å²) < 4.78 is 60.6. The lowest BCUT2D eigenvalue weighted by molar-refractivity contribution is 0.357. The van der Waals surface area contributed by atoms with Crippen molar-refractivity contribution in [1.29, 1.82) is 0 Å². The van der Waals surface area contributed by atoms with Crippen LogP contribution in [0.5, 0.6) is 5.75 Å². The van der Waals surface area contributed by atoms with Crippen LogP contribution in [0.1, 0.15) is 22.3 Å². The van der Waals surface area contributed by atoms with E-state index in [1.807, 2.05) is 24.3 Å². The van der Waals surface area contributed by atoms with E-state index < -0.39 is 23.3 Å². The quantitative estimate of drug-likeness (QED) is 0.169. The molecular formula is C29H20F4O. The second-order valence-corrected chi connectivity index (χ2v) is 7.74. The first kappa shape index (κ1) is 23.1. The normalized spacial score (nSPS) is 10.6. The third-order valence-corrected chi connectivity index (χ3v) is 5.33. The van der Waals surface area contributed by atoms with Crippen LogP contribution in [-0.4, -0.2) is 6.61 Å². The lowest BCUT2D eigenvalue weighted by atomic mass is 10.0. The SMILES string of the molecule is C=CCOc1cc(F)c(CCc2ccc(C#Cc3ccc4cc(F)c(F)cc4c3)cc2)c(F)c1. The molecule has 170 valence electrons. The summed E-state index contributed by atoms with van der Waals surface area (Å²) in [6, 6.07) is 17.2. The molecule has 34 heavy (non-hydrogen) atoms. The Labute approximate surface area is 195 Å². The molecule has 0 amide bonds. The number of hydrogen-bond donors (Lipinski definition) is 0. The average Bonchev–Trinajstić information content (AvgIpc) is 2.82. The molecule has 0 N–H and O–H groups in total. The van der Waals surface area contributed by atoms with Crippen molar-refractivity contribution in [2.24, 2.45) is 0 Å². The molecule has 0 radical (unpaired) electrons. The summed E-state index contributed by atoms with van der Waals surface area (Å²) in [7, 11) is 0. The van der Waals surface area contributed by atoms with E-state index in [2.05, 4.69) is 18.4 Å². The Hall–Kier alpha value is -4.04. The minimum Gasteiger partial charge on any atom is -0.489 e. The Morgan fingerprint density at radius 2 is 1.29 bits per heavy atom. The molecule has 0 aliphatic rings. The number of ether oxygens (including phenoxy) is 1. The highest BCUT2D eigenvalue weighted by molar-refractivity contribution is 5.84. The molecule has 0 aliphatic heterocycles. The third kappa shape index (κ3) is 5.47. The standard InChI is InChI=1S/C29H20F4O/c1-2-13-34-24-17-26(30)25(27(31)18-24)12-10-20-5-3-19(4-6-20)7-8-21-9-11-22-15-28(32)29(33)16-23(22)14-21/h2-6,9,11,14-18H,1,10,12-13H2. The molecule has 4 aromatic rings. The van der Waals surface area contributed by atoms with E-state index >= 15 is 0 Å². The van der Waals surface area contributed by atoms with Gasteiger partial charge < -0.3 is 4.74 Å². The van der Waals surface area contributed by atoms with Crippen molar-refractivity contribution in [3.63, 3.8) is 0 Å². The van der Waals surface area contributed by atoms with Gasteiger partial charge in [-0.05, 0) is 65.6 Å². The van der Waals surface area contributed by atoms with Crippen LogP contribution in [0.4, 0.5) is 17.6 Å². The maximum atomic E-state index is 14.3. The van der Waals surface area contributed by atoms with E-state index in [0.717, 1.165) is 23.3 Å². The number of hydrogen-bond acceptors (Lipinski definition) is 1. The van der Waals surface area contributed by atoms with Crippen molar-refractivity contribution in [2.45, 2.75) is 12.8 Å². The lowest BCUT2D eigenvalue weighted by Crippen LogP contribution is -2.01. The zero-order valence-corrected chi connectivity index (χ0v) is 18.2. The van der Waals surface area contributed by atoms with Crippen LogP contribution in [0, 0.1) is 35.1 Å². The van der Waals surface area contributed by atoms with E-state index in [0.29, 0.717) is 22.8 Å². The molecule has 0 fully saturated rings. The van der Waals surface area contributed by atoms with Gasteiger partial charge in [0.25, 0.3) is 0 Å². The van der Waals surface area contributed by atoms with Gasteiger partial charge in [-0.1, -0.05) is 42.7 Å². The van der Waals surface area contributed by atoms with Gasteiger partial charge in [-0.15, -0.1) is 0 Å². The van der Waals surface area contributed by atoms with E-state index in [4.69, 9.17) is 4.74 Å². The first-order valence-electron chi connectivity index (χ1n) is 10.6. The third-order valence-electron chi connectivity index (χ3n) is 5.33. The minimum absolute atomic E-state index is 0.0162. The Morgan fingerprint density at radius 1 is 0.676 bits per heavy atom. The molecule has 0 heterocycles. The summed E-state index contributed by atoms with van der Waals surface area (Å²) in [5, 5.41) is 1.17. The van der Waals surface area contributed by atoms with E-state index in [1.165, 1.54) is 18.2 Å². The van der Waals surface area contributed by atoms with Crippen molar-refractivity contribution >= 4 is 10.8 Å². The molecule has 0 bridgehead atoms. The van der Waals surface area contributed by atoms with E-state index in [-0.39, 0.29) is 24.3 Å². The Kier molecular flexibility index (Phi) is 6.98.